The number of benzene rings is 1. The summed E-state index contributed by atoms with van der Waals surface area (Å²) in [7, 11) is 1.64. The molecule has 0 aromatic heterocycles. The van der Waals surface area contributed by atoms with Crippen LogP contribution in [0.1, 0.15) is 33.1 Å². The van der Waals surface area contributed by atoms with E-state index in [-0.39, 0.29) is 5.60 Å². The molecule has 4 nitrogen and oxygen atoms in total. The Balaban J connectivity index is 2.21. The van der Waals surface area contributed by atoms with Gasteiger partial charge in [-0.3, -0.25) is 0 Å². The first-order chi connectivity index (χ1) is 9.55. The lowest BCUT2D eigenvalue weighted by molar-refractivity contribution is -0.0809. The van der Waals surface area contributed by atoms with E-state index in [9.17, 15) is 5.26 Å². The van der Waals surface area contributed by atoms with E-state index in [2.05, 4.69) is 25.2 Å². The normalized spacial score (nSPS) is 29.5. The van der Waals surface area contributed by atoms with E-state index < -0.39 is 5.54 Å². The summed E-state index contributed by atoms with van der Waals surface area (Å²) in [5, 5.41) is 13.0. The molecule has 2 unspecified atom stereocenters. The van der Waals surface area contributed by atoms with Crippen LogP contribution in [-0.4, -0.2) is 24.9 Å². The maximum absolute atomic E-state index is 9.66. The summed E-state index contributed by atoms with van der Waals surface area (Å²) in [6, 6.07) is 10.1. The largest absolute Gasteiger partial charge is 0.497 e. The van der Waals surface area contributed by atoms with Crippen molar-refractivity contribution in [2.45, 2.75) is 44.2 Å². The third kappa shape index (κ3) is 3.05. The summed E-state index contributed by atoms with van der Waals surface area (Å²) in [4.78, 5) is 0. The third-order valence-electron chi connectivity index (χ3n) is 4.07. The fourth-order valence-electron chi connectivity index (χ4n) is 2.68. The van der Waals surface area contributed by atoms with Crippen molar-refractivity contribution in [3.8, 4) is 11.8 Å². The Morgan fingerprint density at radius 2 is 2.30 bits per heavy atom. The molecule has 1 heterocycles. The Bertz CT molecular complexity index is 511. The SMILES string of the molecule is CCC1(C)CC(C#N)(Nc2cccc(OC)c2)CCO1. The zero-order valence-corrected chi connectivity index (χ0v) is 12.4. The van der Waals surface area contributed by atoms with E-state index >= 15 is 0 Å². The quantitative estimate of drug-likeness (QED) is 0.914. The lowest BCUT2D eigenvalue weighted by Gasteiger charge is -2.43. The van der Waals surface area contributed by atoms with Gasteiger partial charge in [-0.2, -0.15) is 5.26 Å². The molecule has 1 saturated heterocycles. The van der Waals surface area contributed by atoms with Crippen LogP contribution in [0, 0.1) is 11.3 Å². The molecule has 1 N–H and O–H groups in total. The van der Waals surface area contributed by atoms with Gasteiger partial charge in [-0.1, -0.05) is 13.0 Å². The first kappa shape index (κ1) is 14.7. The molecule has 108 valence electrons. The third-order valence-corrected chi connectivity index (χ3v) is 4.07. The summed E-state index contributed by atoms with van der Waals surface area (Å²) < 4.78 is 11.1. The minimum Gasteiger partial charge on any atom is -0.497 e. The van der Waals surface area contributed by atoms with Gasteiger partial charge < -0.3 is 14.8 Å². The highest BCUT2D eigenvalue weighted by Crippen LogP contribution is 2.36. The summed E-state index contributed by atoms with van der Waals surface area (Å²) in [6.45, 7) is 4.78. The Hall–Kier alpha value is -1.73. The van der Waals surface area contributed by atoms with E-state index in [4.69, 9.17) is 9.47 Å². The molecule has 0 spiro atoms. The van der Waals surface area contributed by atoms with Gasteiger partial charge in [0.15, 0.2) is 0 Å². The molecule has 1 aliphatic rings. The number of hydrogen-bond donors (Lipinski definition) is 1. The minimum absolute atomic E-state index is 0.236. The van der Waals surface area contributed by atoms with Crippen molar-refractivity contribution in [2.75, 3.05) is 19.0 Å². The standard InChI is InChI=1S/C16H22N2O2/c1-4-15(2)11-16(12-17,8-9-20-15)18-13-6-5-7-14(10-13)19-3/h5-7,10,18H,4,8-9,11H2,1-3H3. The number of hydrogen-bond acceptors (Lipinski definition) is 4. The van der Waals surface area contributed by atoms with Crippen LogP contribution in [0.4, 0.5) is 5.69 Å². The Labute approximate surface area is 120 Å². The number of nitrogens with one attached hydrogen (secondary N) is 1. The van der Waals surface area contributed by atoms with E-state index in [1.165, 1.54) is 0 Å². The molecule has 0 amide bonds. The van der Waals surface area contributed by atoms with Gasteiger partial charge in [0.2, 0.25) is 0 Å². The first-order valence-corrected chi connectivity index (χ1v) is 7.02. The highest BCUT2D eigenvalue weighted by atomic mass is 16.5. The molecule has 1 aromatic rings. The average Bonchev–Trinajstić information content (AvgIpc) is 2.47. The number of nitrogens with zero attached hydrogens (tertiary/aromatic N) is 1. The average molecular weight is 274 g/mol. The van der Waals surface area contributed by atoms with Crippen LogP contribution < -0.4 is 10.1 Å². The van der Waals surface area contributed by atoms with Crippen LogP contribution in [-0.2, 0) is 4.74 Å². The van der Waals surface area contributed by atoms with E-state index in [0.717, 1.165) is 17.9 Å². The van der Waals surface area contributed by atoms with Crippen molar-refractivity contribution in [2.24, 2.45) is 0 Å². The van der Waals surface area contributed by atoms with Gasteiger partial charge in [0.05, 0.1) is 25.4 Å². The molecule has 2 atom stereocenters. The van der Waals surface area contributed by atoms with Crippen LogP contribution >= 0.6 is 0 Å². The van der Waals surface area contributed by atoms with E-state index in [0.29, 0.717) is 19.4 Å². The highest BCUT2D eigenvalue weighted by Gasteiger charge is 2.42. The predicted molar refractivity (Wildman–Crippen MR) is 78.8 cm³/mol. The van der Waals surface area contributed by atoms with Crippen molar-refractivity contribution < 1.29 is 9.47 Å². The van der Waals surface area contributed by atoms with Crippen molar-refractivity contribution in [3.05, 3.63) is 24.3 Å². The molecule has 0 radical (unpaired) electrons. The van der Waals surface area contributed by atoms with E-state index in [1.54, 1.807) is 7.11 Å². The van der Waals surface area contributed by atoms with Gasteiger partial charge in [-0.15, -0.1) is 0 Å². The van der Waals surface area contributed by atoms with Gasteiger partial charge in [0, 0.05) is 24.6 Å². The molecule has 4 heteroatoms. The zero-order chi connectivity index (χ0) is 14.6. The lowest BCUT2D eigenvalue weighted by atomic mass is 9.80. The molecule has 1 aliphatic heterocycles. The van der Waals surface area contributed by atoms with Crippen molar-refractivity contribution in [1.29, 1.82) is 5.26 Å². The van der Waals surface area contributed by atoms with Gasteiger partial charge in [0.1, 0.15) is 11.3 Å². The summed E-state index contributed by atoms with van der Waals surface area (Å²) in [6.07, 6.45) is 2.27. The van der Waals surface area contributed by atoms with Crippen LogP contribution in [0.2, 0.25) is 0 Å². The lowest BCUT2D eigenvalue weighted by Crippen LogP contribution is -2.50. The van der Waals surface area contributed by atoms with Crippen molar-refractivity contribution >= 4 is 5.69 Å². The maximum Gasteiger partial charge on any atom is 0.130 e. The number of anilines is 1. The minimum atomic E-state index is -0.574. The van der Waals surface area contributed by atoms with Gasteiger partial charge >= 0.3 is 0 Å². The molecule has 0 saturated carbocycles. The fourth-order valence-corrected chi connectivity index (χ4v) is 2.68. The second kappa shape index (κ2) is 5.72. The smallest absolute Gasteiger partial charge is 0.130 e. The van der Waals surface area contributed by atoms with Gasteiger partial charge in [-0.25, -0.2) is 0 Å². The number of ether oxygens (including phenoxy) is 2. The zero-order valence-electron chi connectivity index (χ0n) is 12.4. The molecular formula is C16H22N2O2. The molecule has 20 heavy (non-hydrogen) atoms. The number of rotatable bonds is 4. The highest BCUT2D eigenvalue weighted by molar-refractivity contribution is 5.52. The van der Waals surface area contributed by atoms with Gasteiger partial charge in [-0.05, 0) is 25.5 Å². The van der Waals surface area contributed by atoms with Gasteiger partial charge in [0.25, 0.3) is 0 Å². The van der Waals surface area contributed by atoms with Crippen LogP contribution in [0.15, 0.2) is 24.3 Å². The topological polar surface area (TPSA) is 54.3 Å². The summed E-state index contributed by atoms with van der Waals surface area (Å²) in [5.41, 5.74) is 0.0983. The molecule has 0 bridgehead atoms. The van der Waals surface area contributed by atoms with Crippen LogP contribution in [0.3, 0.4) is 0 Å². The summed E-state index contributed by atoms with van der Waals surface area (Å²) >= 11 is 0. The molecule has 2 rings (SSSR count). The van der Waals surface area contributed by atoms with Crippen molar-refractivity contribution in [3.63, 3.8) is 0 Å². The number of methoxy groups -OCH3 is 1. The monoisotopic (exact) mass is 274 g/mol. The molecule has 1 fully saturated rings. The van der Waals surface area contributed by atoms with E-state index in [1.807, 2.05) is 24.3 Å². The maximum atomic E-state index is 9.66. The van der Waals surface area contributed by atoms with Crippen LogP contribution in [0.25, 0.3) is 0 Å². The second-order valence-corrected chi connectivity index (χ2v) is 5.63. The Kier molecular flexibility index (Phi) is 4.20. The predicted octanol–water partition coefficient (Wildman–Crippen LogP) is 3.35. The Morgan fingerprint density at radius 1 is 1.50 bits per heavy atom. The second-order valence-electron chi connectivity index (χ2n) is 5.63. The van der Waals surface area contributed by atoms with Crippen molar-refractivity contribution in [1.82, 2.24) is 0 Å². The fraction of sp³-hybridized carbons (Fsp3) is 0.562. The molecule has 0 aliphatic carbocycles. The number of nitriles is 1. The molecule has 1 aromatic carbocycles. The Morgan fingerprint density at radius 3 is 2.95 bits per heavy atom. The summed E-state index contributed by atoms with van der Waals surface area (Å²) in [5.74, 6) is 0.786. The first-order valence-electron chi connectivity index (χ1n) is 7.02. The van der Waals surface area contributed by atoms with Crippen LogP contribution in [0.5, 0.6) is 5.75 Å². The molecular weight excluding hydrogens is 252 g/mol.